The van der Waals surface area contributed by atoms with E-state index in [9.17, 15) is 43.2 Å². The van der Waals surface area contributed by atoms with Crippen molar-refractivity contribution in [2.75, 3.05) is 24.0 Å². The summed E-state index contributed by atoms with van der Waals surface area (Å²) in [5.74, 6) is -4.05. The van der Waals surface area contributed by atoms with Gasteiger partial charge in [0, 0.05) is 22.0 Å². The number of carbonyl (C=O) groups excluding carboxylic acids is 9. The fraction of sp³-hybridized carbons (Fsp3) is 0.491. The van der Waals surface area contributed by atoms with E-state index in [4.69, 9.17) is 9.47 Å². The molecular weight excluding hydrogens is 1050 g/mol. The number of rotatable bonds is 14. The van der Waals surface area contributed by atoms with Crippen molar-refractivity contribution in [3.63, 3.8) is 0 Å². The van der Waals surface area contributed by atoms with Gasteiger partial charge in [-0.1, -0.05) is 77.1 Å². The molecule has 2 aromatic rings. The second-order valence-electron chi connectivity index (χ2n) is 17.8. The number of carbonyl (C=O) groups is 9. The highest BCUT2D eigenvalue weighted by Crippen LogP contribution is 2.22. The number of thioether (sulfide) groups is 3. The molecule has 2 aliphatic rings. The zero-order valence-electron chi connectivity index (χ0n) is 44.6. The van der Waals surface area contributed by atoms with Gasteiger partial charge in [-0.25, -0.2) is 19.6 Å². The molecule has 6 N–H and O–H groups in total. The Kier molecular flexibility index (Phi) is 28.8. The summed E-state index contributed by atoms with van der Waals surface area (Å²) in [5, 5.41) is 16.1. The average molecular weight is 1130 g/mol. The Hall–Kier alpha value is -5.91. The lowest BCUT2D eigenvalue weighted by atomic mass is 10.0. The molecule has 76 heavy (non-hydrogen) atoms. The minimum absolute atomic E-state index is 0.0173. The smallest absolute Gasteiger partial charge is 0.329 e. The molecule has 414 valence electrons. The molecule has 0 aromatic carbocycles. The maximum Gasteiger partial charge on any atom is 0.329 e. The van der Waals surface area contributed by atoms with Gasteiger partial charge in [-0.15, -0.1) is 23.5 Å². The molecule has 19 nitrogen and oxygen atoms in total. The zero-order chi connectivity index (χ0) is 56.3. The number of hydrogen-bond acceptors (Lipinski definition) is 17. The summed E-state index contributed by atoms with van der Waals surface area (Å²) in [5.41, 5.74) is 1.13. The molecule has 4 rings (SSSR count). The normalized spacial score (nSPS) is 20.8. The monoisotopic (exact) mass is 1120 g/mol. The highest BCUT2D eigenvalue weighted by molar-refractivity contribution is 8.13. The van der Waals surface area contributed by atoms with E-state index < -0.39 is 59.9 Å². The van der Waals surface area contributed by atoms with E-state index >= 15 is 0 Å². The van der Waals surface area contributed by atoms with Gasteiger partial charge in [0.05, 0.1) is 37.3 Å². The Morgan fingerprint density at radius 1 is 0.684 bits per heavy atom. The maximum atomic E-state index is 13.2. The number of nitrogens with zero attached hydrogens (tertiary/aromatic N) is 2. The fourth-order valence-corrected chi connectivity index (χ4v) is 9.04. The number of amides is 6. The number of ether oxygens (including phenoxy) is 2. The van der Waals surface area contributed by atoms with Crippen molar-refractivity contribution in [1.29, 1.82) is 0 Å². The first-order valence-electron chi connectivity index (χ1n) is 25.0. The van der Waals surface area contributed by atoms with E-state index in [0.717, 1.165) is 22.6 Å². The van der Waals surface area contributed by atoms with Crippen molar-refractivity contribution in [3.8, 4) is 0 Å². The minimum atomic E-state index is -1.03. The molecule has 6 amide bonds. The van der Waals surface area contributed by atoms with Crippen molar-refractivity contribution < 1.29 is 52.6 Å². The maximum absolute atomic E-state index is 13.2. The van der Waals surface area contributed by atoms with Crippen molar-refractivity contribution in [3.05, 3.63) is 94.9 Å². The van der Waals surface area contributed by atoms with Gasteiger partial charge >= 0.3 is 11.9 Å². The zero-order valence-corrected chi connectivity index (χ0v) is 47.9. The van der Waals surface area contributed by atoms with Crippen LogP contribution in [0.3, 0.4) is 0 Å². The third kappa shape index (κ3) is 21.6. The number of aromatic nitrogens is 2. The first-order valence-corrected chi connectivity index (χ1v) is 29.0. The van der Waals surface area contributed by atoms with Gasteiger partial charge in [0.2, 0.25) is 11.8 Å². The van der Waals surface area contributed by atoms with Crippen LogP contribution in [0.2, 0.25) is 0 Å². The molecule has 2 aromatic heterocycles. The first-order chi connectivity index (χ1) is 36.3. The number of esters is 2. The van der Waals surface area contributed by atoms with Crippen molar-refractivity contribution in [2.45, 2.75) is 141 Å². The van der Waals surface area contributed by atoms with Crippen LogP contribution in [0, 0.1) is 11.8 Å². The second kappa shape index (κ2) is 34.0. The predicted molar refractivity (Wildman–Crippen MR) is 299 cm³/mol. The number of unbranched alkanes of at least 4 members (excludes halogenated alkanes) is 1. The highest BCUT2D eigenvalue weighted by Gasteiger charge is 2.32. The van der Waals surface area contributed by atoms with Crippen LogP contribution in [0.15, 0.2) is 81.9 Å². The average Bonchev–Trinajstić information content (AvgIpc) is 3.39. The standard InChI is InChI=1S/C29H40N4O6S2.C24H32N4O5S2/c1-6-8-12-25(35)41-15-10-9-11-19-16-24(34)30-17-22-23(40-5)14-13-21(31-22)28(37)32-20(7-2)27(36)33-26(18(3)4)29(38)39-19;1-5-16-22(30)28-21(14(2)3)24(32)33-15(8-6-7-11-34)12-20(29)25-13-18-19(35-4)10-9-17(26-18)23(31)27-16/h7,9,11,13-14,18-19,26H,6,8,10,12,15-17H2,1-5H3,(H,30,34)(H,32,37)(H,33,36);5-6,8-10,14-15,21,34H,7,11-13H2,1-4H3,(H,25,29)(H,27,31)(H,28,30)/b11-9+,20-7-;8-6+,16-5-/t19-,26+;15-,21+/m11/s1. The van der Waals surface area contributed by atoms with Crippen molar-refractivity contribution in [1.82, 2.24) is 41.9 Å². The number of allylic oxidation sites excluding steroid dienone is 4. The van der Waals surface area contributed by atoms with E-state index in [1.165, 1.54) is 47.4 Å². The van der Waals surface area contributed by atoms with Crippen LogP contribution in [0.1, 0.15) is 126 Å². The Balaban J connectivity index is 0.000000405. The van der Waals surface area contributed by atoms with Crippen LogP contribution in [0.25, 0.3) is 0 Å². The molecule has 0 saturated heterocycles. The largest absolute Gasteiger partial charge is 0.456 e. The summed E-state index contributed by atoms with van der Waals surface area (Å²) in [4.78, 5) is 126. The number of fused-ring (bicyclic) bond motifs is 4. The molecule has 0 radical (unpaired) electrons. The van der Waals surface area contributed by atoms with Crippen molar-refractivity contribution >= 4 is 100 Å². The van der Waals surface area contributed by atoms with Crippen LogP contribution in [0.4, 0.5) is 0 Å². The molecule has 0 saturated carbocycles. The van der Waals surface area contributed by atoms with Crippen LogP contribution in [-0.2, 0) is 56.1 Å². The van der Waals surface area contributed by atoms with Gasteiger partial charge in [-0.2, -0.15) is 12.6 Å². The van der Waals surface area contributed by atoms with E-state index in [-0.39, 0.29) is 77.5 Å². The molecule has 4 bridgehead atoms. The number of pyridine rings is 2. The Morgan fingerprint density at radius 2 is 1.12 bits per heavy atom. The molecule has 23 heteroatoms. The third-order valence-electron chi connectivity index (χ3n) is 11.2. The molecule has 0 unspecified atom stereocenters. The summed E-state index contributed by atoms with van der Waals surface area (Å²) >= 11 is 8.28. The topological polar surface area (TPSA) is 270 Å². The molecule has 0 spiro atoms. The van der Waals surface area contributed by atoms with Crippen LogP contribution >= 0.6 is 47.9 Å². The summed E-state index contributed by atoms with van der Waals surface area (Å²) in [6.07, 6.45) is 15.1. The van der Waals surface area contributed by atoms with Crippen LogP contribution < -0.4 is 31.9 Å². The minimum Gasteiger partial charge on any atom is -0.456 e. The van der Waals surface area contributed by atoms with Gasteiger partial charge < -0.3 is 41.4 Å². The van der Waals surface area contributed by atoms with E-state index in [0.29, 0.717) is 42.2 Å². The Morgan fingerprint density at radius 3 is 1.50 bits per heavy atom. The van der Waals surface area contributed by atoms with Gasteiger partial charge in [0.25, 0.3) is 23.6 Å². The molecule has 0 fully saturated rings. The van der Waals surface area contributed by atoms with Gasteiger partial charge in [0.15, 0.2) is 5.12 Å². The number of thiol groups is 1. The lowest BCUT2D eigenvalue weighted by Crippen LogP contribution is -2.48. The molecule has 4 atom stereocenters. The highest BCUT2D eigenvalue weighted by atomic mass is 32.2. The van der Waals surface area contributed by atoms with Gasteiger partial charge in [-0.3, -0.25) is 33.6 Å². The molecule has 2 aliphatic heterocycles. The Bertz CT molecular complexity index is 2520. The van der Waals surface area contributed by atoms with Crippen LogP contribution in [-0.4, -0.2) is 111 Å². The van der Waals surface area contributed by atoms with Gasteiger partial charge in [-0.05, 0) is 99.6 Å². The Labute approximate surface area is 463 Å². The molecule has 0 aliphatic carbocycles. The van der Waals surface area contributed by atoms with E-state index in [2.05, 4.69) is 54.5 Å². The van der Waals surface area contributed by atoms with Crippen molar-refractivity contribution in [2.24, 2.45) is 11.8 Å². The first kappa shape index (κ1) is 64.4. The summed E-state index contributed by atoms with van der Waals surface area (Å²) in [6.45, 7) is 12.4. The second-order valence-corrected chi connectivity index (χ2v) is 21.1. The lowest BCUT2D eigenvalue weighted by Gasteiger charge is -2.24. The fourth-order valence-electron chi connectivity index (χ4n) is 7.00. The van der Waals surface area contributed by atoms with Crippen LogP contribution in [0.5, 0.6) is 0 Å². The van der Waals surface area contributed by atoms with Gasteiger partial charge in [0.1, 0.15) is 47.1 Å². The quantitative estimate of drug-likeness (QED) is 0.0274. The number of nitrogens with one attached hydrogen (secondary N) is 6. The molecule has 4 heterocycles. The predicted octanol–water partition coefficient (Wildman–Crippen LogP) is 6.29. The van der Waals surface area contributed by atoms with E-state index in [1.807, 2.05) is 19.4 Å². The number of cyclic esters (lactones) is 2. The summed E-state index contributed by atoms with van der Waals surface area (Å²) < 4.78 is 11.3. The summed E-state index contributed by atoms with van der Waals surface area (Å²) in [6, 6.07) is 4.56. The molecular formula is C53H72N8O11S4. The lowest BCUT2D eigenvalue weighted by molar-refractivity contribution is -0.153. The number of hydrogen-bond donors (Lipinski definition) is 7. The van der Waals surface area contributed by atoms with E-state index in [1.54, 1.807) is 90.1 Å². The SMILES string of the molecule is C/C=C1\NC(=O)c2ccc(SC)c(n2)CNC(=O)C[C@@H](/C=C/CCS)OC(=O)[C@H](C(C)C)NC1=O.C/C=C1\NC(=O)c2ccc(SC)c(n2)CNC(=O)C[C@@H](/C=C/CCSC(=O)CCCC)OC(=O)[C@H](C(C)C)NC1=O. The summed E-state index contributed by atoms with van der Waals surface area (Å²) in [7, 11) is 0. The third-order valence-corrected chi connectivity index (χ3v) is 14.1.